The van der Waals surface area contributed by atoms with Gasteiger partial charge in [-0.1, -0.05) is 24.3 Å². The van der Waals surface area contributed by atoms with Gasteiger partial charge in [0.05, 0.1) is 10.7 Å². The number of hydrogen-bond donors (Lipinski definition) is 1. The molecule has 8 heteroatoms. The van der Waals surface area contributed by atoms with Crippen LogP contribution in [-0.4, -0.2) is 33.5 Å². The zero-order chi connectivity index (χ0) is 21.6. The van der Waals surface area contributed by atoms with Gasteiger partial charge in [-0.25, -0.2) is 9.37 Å². The Hall–Kier alpha value is -2.71. The number of fused-ring (bicyclic) bond motifs is 1. The van der Waals surface area contributed by atoms with Crippen molar-refractivity contribution < 1.29 is 14.0 Å². The van der Waals surface area contributed by atoms with Gasteiger partial charge in [0, 0.05) is 28.8 Å². The first-order chi connectivity index (χ1) is 15.0. The van der Waals surface area contributed by atoms with Crippen molar-refractivity contribution in [3.63, 3.8) is 0 Å². The first-order valence-corrected chi connectivity index (χ1v) is 11.9. The summed E-state index contributed by atoms with van der Waals surface area (Å²) in [6, 6.07) is 13.2. The number of amides is 2. The van der Waals surface area contributed by atoms with E-state index in [4.69, 9.17) is 0 Å². The van der Waals surface area contributed by atoms with Gasteiger partial charge in [0.25, 0.3) is 0 Å². The molecular formula is C23H20FN3O2S2. The number of rotatable bonds is 4. The van der Waals surface area contributed by atoms with E-state index in [1.54, 1.807) is 40.1 Å². The van der Waals surface area contributed by atoms with E-state index in [9.17, 15) is 14.0 Å². The van der Waals surface area contributed by atoms with Crippen LogP contribution >= 0.6 is 23.1 Å². The Morgan fingerprint density at radius 1 is 1.26 bits per heavy atom. The zero-order valence-electron chi connectivity index (χ0n) is 16.8. The molecule has 2 aromatic carbocycles. The molecule has 31 heavy (non-hydrogen) atoms. The monoisotopic (exact) mass is 453 g/mol. The summed E-state index contributed by atoms with van der Waals surface area (Å²) in [5.41, 5.74) is 3.34. The molecule has 0 bridgehead atoms. The van der Waals surface area contributed by atoms with Gasteiger partial charge in [0.2, 0.25) is 11.8 Å². The molecule has 0 radical (unpaired) electrons. The first kappa shape index (κ1) is 20.2. The van der Waals surface area contributed by atoms with E-state index in [2.05, 4.69) is 10.3 Å². The smallest absolute Gasteiger partial charge is 0.248 e. The Kier molecular flexibility index (Phi) is 5.06. The van der Waals surface area contributed by atoms with Gasteiger partial charge in [-0.05, 0) is 43.2 Å². The number of nitrogens with one attached hydrogen (secondary N) is 1. The Morgan fingerprint density at radius 3 is 2.81 bits per heavy atom. The molecular weight excluding hydrogens is 433 g/mol. The van der Waals surface area contributed by atoms with Gasteiger partial charge in [0.15, 0.2) is 0 Å². The molecule has 5 nitrogen and oxygen atoms in total. The highest BCUT2D eigenvalue weighted by molar-refractivity contribution is 8.00. The third kappa shape index (κ3) is 3.53. The topological polar surface area (TPSA) is 62.3 Å². The number of carbonyl (C=O) groups is 2. The van der Waals surface area contributed by atoms with Crippen LogP contribution in [0, 0.1) is 12.7 Å². The summed E-state index contributed by atoms with van der Waals surface area (Å²) < 4.78 is 13.4. The number of thiazole rings is 1. The van der Waals surface area contributed by atoms with E-state index < -0.39 is 10.9 Å². The molecule has 5 rings (SSSR count). The van der Waals surface area contributed by atoms with Crippen molar-refractivity contribution in [2.75, 3.05) is 11.1 Å². The molecule has 2 fully saturated rings. The number of aryl methyl sites for hydroxylation is 1. The molecule has 0 aliphatic carbocycles. The van der Waals surface area contributed by atoms with Crippen LogP contribution in [0.4, 0.5) is 10.1 Å². The van der Waals surface area contributed by atoms with Gasteiger partial charge < -0.3 is 10.2 Å². The quantitative estimate of drug-likeness (QED) is 0.617. The fourth-order valence-electron chi connectivity index (χ4n) is 4.33. The molecule has 1 N–H and O–H groups in total. The van der Waals surface area contributed by atoms with Gasteiger partial charge in [-0.15, -0.1) is 23.1 Å². The second kappa shape index (κ2) is 7.76. The van der Waals surface area contributed by atoms with E-state index in [0.29, 0.717) is 24.3 Å². The van der Waals surface area contributed by atoms with Gasteiger partial charge in [0.1, 0.15) is 16.7 Å². The number of benzene rings is 2. The SMILES string of the molecule is Cc1nc(-c2cccc(NC(=O)C3CSC4(c5ccc(F)cc5)CCC(=O)N34)c2)cs1. The van der Waals surface area contributed by atoms with Crippen LogP contribution in [0.15, 0.2) is 53.9 Å². The number of nitrogens with zero attached hydrogens (tertiary/aromatic N) is 2. The minimum atomic E-state index is -0.604. The minimum absolute atomic E-state index is 0.0406. The highest BCUT2D eigenvalue weighted by Crippen LogP contribution is 2.54. The summed E-state index contributed by atoms with van der Waals surface area (Å²) in [5.74, 6) is -0.0667. The Balaban J connectivity index is 1.39. The maximum Gasteiger partial charge on any atom is 0.248 e. The van der Waals surface area contributed by atoms with Crippen molar-refractivity contribution in [3.8, 4) is 11.3 Å². The van der Waals surface area contributed by atoms with Crippen LogP contribution in [0.2, 0.25) is 0 Å². The molecule has 0 spiro atoms. The largest absolute Gasteiger partial charge is 0.324 e. The maximum absolute atomic E-state index is 13.4. The molecule has 2 unspecified atom stereocenters. The second-order valence-electron chi connectivity index (χ2n) is 7.70. The van der Waals surface area contributed by atoms with Gasteiger partial charge in [-0.2, -0.15) is 0 Å². The third-order valence-electron chi connectivity index (χ3n) is 5.77. The molecule has 2 aliphatic heterocycles. The number of hydrogen-bond acceptors (Lipinski definition) is 5. The lowest BCUT2D eigenvalue weighted by Crippen LogP contribution is -2.48. The Bertz CT molecular complexity index is 1160. The standard InChI is InChI=1S/C23H20FN3O2S2/c1-14-25-19(12-30-14)15-3-2-4-18(11-15)26-22(29)20-13-31-23(10-9-21(28)27(20)23)16-5-7-17(24)8-6-16/h2-8,11-12,20H,9-10,13H2,1H3,(H,26,29). The average Bonchev–Trinajstić information content (AvgIpc) is 3.45. The lowest BCUT2D eigenvalue weighted by atomic mass is 10.0. The number of thioether (sulfide) groups is 1. The molecule has 3 heterocycles. The summed E-state index contributed by atoms with van der Waals surface area (Å²) in [6.45, 7) is 1.96. The van der Waals surface area contributed by atoms with Crippen molar-refractivity contribution in [2.24, 2.45) is 0 Å². The average molecular weight is 454 g/mol. The Labute approximate surface area is 187 Å². The summed E-state index contributed by atoms with van der Waals surface area (Å²) in [4.78, 5) is 31.6. The van der Waals surface area contributed by atoms with Crippen LogP contribution in [0.3, 0.4) is 0 Å². The Morgan fingerprint density at radius 2 is 2.06 bits per heavy atom. The highest BCUT2D eigenvalue weighted by Gasteiger charge is 2.56. The zero-order valence-corrected chi connectivity index (χ0v) is 18.4. The number of aromatic nitrogens is 1. The minimum Gasteiger partial charge on any atom is -0.324 e. The van der Waals surface area contributed by atoms with Crippen LogP contribution < -0.4 is 5.32 Å². The van der Waals surface area contributed by atoms with E-state index in [0.717, 1.165) is 21.8 Å². The van der Waals surface area contributed by atoms with Crippen LogP contribution in [0.5, 0.6) is 0 Å². The molecule has 2 aliphatic rings. The van der Waals surface area contributed by atoms with Gasteiger partial charge in [-0.3, -0.25) is 9.59 Å². The lowest BCUT2D eigenvalue weighted by Gasteiger charge is -2.34. The van der Waals surface area contributed by atoms with E-state index in [1.807, 2.05) is 36.6 Å². The van der Waals surface area contributed by atoms with E-state index in [1.165, 1.54) is 12.1 Å². The van der Waals surface area contributed by atoms with Crippen molar-refractivity contribution in [1.82, 2.24) is 9.88 Å². The van der Waals surface area contributed by atoms with E-state index in [-0.39, 0.29) is 17.6 Å². The predicted molar refractivity (Wildman–Crippen MR) is 121 cm³/mol. The van der Waals surface area contributed by atoms with Crippen molar-refractivity contribution in [2.45, 2.75) is 30.7 Å². The van der Waals surface area contributed by atoms with Crippen molar-refractivity contribution >= 4 is 40.6 Å². The van der Waals surface area contributed by atoms with Gasteiger partial charge >= 0.3 is 0 Å². The van der Waals surface area contributed by atoms with Crippen LogP contribution in [0.25, 0.3) is 11.3 Å². The number of anilines is 1. The highest BCUT2D eigenvalue weighted by atomic mass is 32.2. The molecule has 158 valence electrons. The molecule has 2 saturated heterocycles. The molecule has 1 aromatic heterocycles. The fraction of sp³-hybridized carbons (Fsp3) is 0.261. The number of carbonyl (C=O) groups excluding carboxylic acids is 2. The molecule has 2 atom stereocenters. The summed E-state index contributed by atoms with van der Waals surface area (Å²) in [6.07, 6.45) is 0.997. The first-order valence-electron chi connectivity index (χ1n) is 10.0. The van der Waals surface area contributed by atoms with Crippen LogP contribution in [0.1, 0.15) is 23.4 Å². The van der Waals surface area contributed by atoms with Crippen LogP contribution in [-0.2, 0) is 14.5 Å². The predicted octanol–water partition coefficient (Wildman–Crippen LogP) is 4.79. The number of halogens is 1. The van der Waals surface area contributed by atoms with Crippen molar-refractivity contribution in [3.05, 3.63) is 70.3 Å². The van der Waals surface area contributed by atoms with Crippen molar-refractivity contribution in [1.29, 1.82) is 0 Å². The summed E-state index contributed by atoms with van der Waals surface area (Å²) >= 11 is 3.17. The molecule has 3 aromatic rings. The van der Waals surface area contributed by atoms with E-state index >= 15 is 0 Å². The summed E-state index contributed by atoms with van der Waals surface area (Å²) in [7, 11) is 0. The normalized spacial score (nSPS) is 22.6. The lowest BCUT2D eigenvalue weighted by molar-refractivity contribution is -0.136. The second-order valence-corrected chi connectivity index (χ2v) is 10.1. The fourth-order valence-corrected chi connectivity index (χ4v) is 6.60. The summed E-state index contributed by atoms with van der Waals surface area (Å²) in [5, 5.41) is 5.95. The molecule has 2 amide bonds. The maximum atomic E-state index is 13.4. The molecule has 0 saturated carbocycles. The third-order valence-corrected chi connectivity index (χ3v) is 8.14.